The fourth-order valence-corrected chi connectivity index (χ4v) is 10.4. The maximum absolute atomic E-state index is 12.4. The summed E-state index contributed by atoms with van der Waals surface area (Å²) in [5, 5.41) is 23.1. The molecule has 0 radical (unpaired) electrons. The van der Waals surface area contributed by atoms with Gasteiger partial charge in [-0.15, -0.1) is 0 Å². The Morgan fingerprint density at radius 2 is 0.685 bits per heavy atom. The molecule has 0 aliphatic rings. The fourth-order valence-electron chi connectivity index (χ4n) is 10.4. The number of hydrogen-bond acceptors (Lipinski definition) is 5. The Kier molecular flexibility index (Phi) is 61.4. The highest BCUT2D eigenvalue weighted by Crippen LogP contribution is 2.19. The van der Waals surface area contributed by atoms with Crippen LogP contribution in [0.2, 0.25) is 0 Å². The maximum atomic E-state index is 12.4. The lowest BCUT2D eigenvalue weighted by molar-refractivity contribution is -0.143. The number of esters is 1. The predicted molar refractivity (Wildman–Crippen MR) is 320 cm³/mol. The molecular weight excluding hydrogens is 899 g/mol. The summed E-state index contributed by atoms with van der Waals surface area (Å²) in [5.41, 5.74) is 0. The molecule has 2 unspecified atom stereocenters. The number of allylic oxidation sites excluding steroid dienone is 4. The number of unbranched alkanes of at least 4 members (excludes halogenated alkanes) is 47. The smallest absolute Gasteiger partial charge is 0.305 e. The molecule has 432 valence electrons. The first-order chi connectivity index (χ1) is 36.0. The van der Waals surface area contributed by atoms with Gasteiger partial charge in [0.1, 0.15) is 0 Å². The summed E-state index contributed by atoms with van der Waals surface area (Å²) in [5.74, 6) is -0.0195. The van der Waals surface area contributed by atoms with E-state index in [-0.39, 0.29) is 18.5 Å². The Balaban J connectivity index is 3.29. The zero-order chi connectivity index (χ0) is 52.9. The topological polar surface area (TPSA) is 95.9 Å². The van der Waals surface area contributed by atoms with Gasteiger partial charge < -0.3 is 20.3 Å². The molecule has 0 spiro atoms. The summed E-state index contributed by atoms with van der Waals surface area (Å²) in [7, 11) is 0. The van der Waals surface area contributed by atoms with E-state index in [1.165, 1.54) is 283 Å². The van der Waals surface area contributed by atoms with Gasteiger partial charge in [0.15, 0.2) is 0 Å². The zero-order valence-corrected chi connectivity index (χ0v) is 49.4. The highest BCUT2D eigenvalue weighted by Gasteiger charge is 2.20. The molecule has 0 saturated carbocycles. The van der Waals surface area contributed by atoms with Crippen molar-refractivity contribution in [2.45, 2.75) is 379 Å². The number of nitrogens with one attached hydrogen (secondary N) is 1. The van der Waals surface area contributed by atoms with Crippen molar-refractivity contribution in [1.29, 1.82) is 0 Å². The average molecular weight is 1030 g/mol. The second kappa shape index (κ2) is 62.9. The molecule has 0 aromatic rings. The molecule has 2 atom stereocenters. The van der Waals surface area contributed by atoms with E-state index >= 15 is 0 Å². The zero-order valence-electron chi connectivity index (χ0n) is 49.4. The van der Waals surface area contributed by atoms with Crippen molar-refractivity contribution < 1.29 is 24.5 Å². The standard InChI is InChI=1S/C67H129NO5/c1-3-5-7-9-11-13-14-15-16-31-35-38-41-45-49-53-57-61-67(72)73-62-58-54-50-46-42-39-36-33-30-28-26-24-22-20-18-17-19-21-23-25-27-29-32-34-37-40-44-48-52-56-60-66(71)68-64(63-69)65(70)59-55-51-47-43-12-10-8-6-4-2/h11,13,15-16,64-65,69-70H,3-10,12,14,17-63H2,1-2H3,(H,68,71)/b13-11-,16-15-. The van der Waals surface area contributed by atoms with Crippen LogP contribution in [0.3, 0.4) is 0 Å². The first-order valence-electron chi connectivity index (χ1n) is 33.1. The lowest BCUT2D eigenvalue weighted by atomic mass is 10.0. The monoisotopic (exact) mass is 1030 g/mol. The van der Waals surface area contributed by atoms with E-state index in [1.807, 2.05) is 0 Å². The molecule has 0 aromatic carbocycles. The normalized spacial score (nSPS) is 12.7. The number of aliphatic hydroxyl groups is 2. The molecule has 0 aromatic heterocycles. The van der Waals surface area contributed by atoms with Gasteiger partial charge >= 0.3 is 5.97 Å². The number of hydrogen-bond donors (Lipinski definition) is 3. The molecule has 0 saturated heterocycles. The summed E-state index contributed by atoms with van der Waals surface area (Å²) in [6, 6.07) is -0.536. The Morgan fingerprint density at radius 1 is 0.384 bits per heavy atom. The first kappa shape index (κ1) is 71.3. The molecule has 0 fully saturated rings. The van der Waals surface area contributed by atoms with Crippen molar-refractivity contribution in [1.82, 2.24) is 5.32 Å². The van der Waals surface area contributed by atoms with Crippen molar-refractivity contribution >= 4 is 11.9 Å². The summed E-state index contributed by atoms with van der Waals surface area (Å²) in [4.78, 5) is 24.5. The van der Waals surface area contributed by atoms with Gasteiger partial charge in [0.05, 0.1) is 25.4 Å². The third kappa shape index (κ3) is 59.4. The minimum atomic E-state index is -0.659. The molecule has 6 heteroatoms. The highest BCUT2D eigenvalue weighted by molar-refractivity contribution is 5.76. The van der Waals surface area contributed by atoms with Crippen LogP contribution in [0.25, 0.3) is 0 Å². The predicted octanol–water partition coefficient (Wildman–Crippen LogP) is 21.0. The molecule has 0 aliphatic carbocycles. The molecule has 73 heavy (non-hydrogen) atoms. The van der Waals surface area contributed by atoms with Gasteiger partial charge in [-0.05, 0) is 57.8 Å². The van der Waals surface area contributed by atoms with E-state index in [0.717, 1.165) is 51.4 Å². The van der Waals surface area contributed by atoms with Crippen LogP contribution in [0.5, 0.6) is 0 Å². The number of rotatable bonds is 62. The SMILES string of the molecule is CCCCC/C=C\C/C=C\CCCCCCCCCC(=O)OCCCCCCCCCCCCCCCCCCCCCCCCCCCCCCCCC(=O)NC(CO)C(O)CCCCCCCCCCC. The van der Waals surface area contributed by atoms with Crippen LogP contribution in [0.4, 0.5) is 0 Å². The Hall–Kier alpha value is -1.66. The highest BCUT2D eigenvalue weighted by atomic mass is 16.5. The van der Waals surface area contributed by atoms with E-state index in [9.17, 15) is 19.8 Å². The minimum absolute atomic E-state index is 0.0126. The van der Waals surface area contributed by atoms with Crippen LogP contribution >= 0.6 is 0 Å². The molecule has 6 nitrogen and oxygen atoms in total. The number of aliphatic hydroxyl groups excluding tert-OH is 2. The largest absolute Gasteiger partial charge is 0.466 e. The first-order valence-corrected chi connectivity index (χ1v) is 33.1. The molecular formula is C67H129NO5. The third-order valence-electron chi connectivity index (χ3n) is 15.5. The quantitative estimate of drug-likeness (QED) is 0.0320. The van der Waals surface area contributed by atoms with E-state index in [2.05, 4.69) is 43.5 Å². The molecule has 1 amide bonds. The van der Waals surface area contributed by atoms with Gasteiger partial charge in [-0.2, -0.15) is 0 Å². The van der Waals surface area contributed by atoms with Gasteiger partial charge in [-0.25, -0.2) is 0 Å². The fraction of sp³-hybridized carbons (Fsp3) is 0.910. The van der Waals surface area contributed by atoms with Gasteiger partial charge in [0.2, 0.25) is 5.91 Å². The van der Waals surface area contributed by atoms with Gasteiger partial charge in [-0.3, -0.25) is 9.59 Å². The summed E-state index contributed by atoms with van der Waals surface area (Å²) in [6.45, 7) is 4.93. The molecule has 0 heterocycles. The van der Waals surface area contributed by atoms with Crippen LogP contribution < -0.4 is 5.32 Å². The Bertz CT molecular complexity index is 1140. The van der Waals surface area contributed by atoms with Gasteiger partial charge in [-0.1, -0.05) is 321 Å². The van der Waals surface area contributed by atoms with E-state index < -0.39 is 12.1 Å². The van der Waals surface area contributed by atoms with Gasteiger partial charge in [0, 0.05) is 12.8 Å². The second-order valence-corrected chi connectivity index (χ2v) is 22.8. The molecule has 0 aliphatic heterocycles. The lowest BCUT2D eigenvalue weighted by Crippen LogP contribution is -2.45. The van der Waals surface area contributed by atoms with Crippen LogP contribution in [-0.4, -0.2) is 47.4 Å². The number of carbonyl (C=O) groups is 2. The second-order valence-electron chi connectivity index (χ2n) is 22.8. The van der Waals surface area contributed by atoms with Gasteiger partial charge in [0.25, 0.3) is 0 Å². The van der Waals surface area contributed by atoms with E-state index in [4.69, 9.17) is 4.74 Å². The van der Waals surface area contributed by atoms with Crippen LogP contribution in [0.1, 0.15) is 367 Å². The Labute approximate surface area is 456 Å². The number of ether oxygens (including phenoxy) is 1. The van der Waals surface area contributed by atoms with Crippen molar-refractivity contribution in [2.24, 2.45) is 0 Å². The molecule has 0 bridgehead atoms. The number of amides is 1. The molecule has 3 N–H and O–H groups in total. The van der Waals surface area contributed by atoms with Crippen molar-refractivity contribution in [3.8, 4) is 0 Å². The lowest BCUT2D eigenvalue weighted by Gasteiger charge is -2.22. The van der Waals surface area contributed by atoms with Crippen molar-refractivity contribution in [3.05, 3.63) is 24.3 Å². The summed E-state index contributed by atoms with van der Waals surface area (Å²) >= 11 is 0. The van der Waals surface area contributed by atoms with Crippen LogP contribution in [0.15, 0.2) is 24.3 Å². The summed E-state index contributed by atoms with van der Waals surface area (Å²) < 4.78 is 5.50. The van der Waals surface area contributed by atoms with E-state index in [1.54, 1.807) is 0 Å². The van der Waals surface area contributed by atoms with Crippen molar-refractivity contribution in [3.63, 3.8) is 0 Å². The van der Waals surface area contributed by atoms with E-state index in [0.29, 0.717) is 25.9 Å². The minimum Gasteiger partial charge on any atom is -0.466 e. The maximum Gasteiger partial charge on any atom is 0.305 e. The third-order valence-corrected chi connectivity index (χ3v) is 15.5. The summed E-state index contributed by atoms with van der Waals surface area (Å²) in [6.07, 6.45) is 78.0. The van der Waals surface area contributed by atoms with Crippen molar-refractivity contribution in [2.75, 3.05) is 13.2 Å². The molecule has 0 rings (SSSR count). The van der Waals surface area contributed by atoms with Crippen LogP contribution in [-0.2, 0) is 14.3 Å². The number of carbonyl (C=O) groups excluding carboxylic acids is 2. The average Bonchev–Trinajstić information content (AvgIpc) is 3.39. The Morgan fingerprint density at radius 3 is 1.07 bits per heavy atom. The van der Waals surface area contributed by atoms with Crippen LogP contribution in [0, 0.1) is 0 Å².